The van der Waals surface area contributed by atoms with Crippen LogP contribution in [0.5, 0.6) is 0 Å². The van der Waals surface area contributed by atoms with Gasteiger partial charge in [0.25, 0.3) is 0 Å². The summed E-state index contributed by atoms with van der Waals surface area (Å²) in [5, 5.41) is 20.2. The van der Waals surface area contributed by atoms with E-state index in [0.717, 1.165) is 12.0 Å². The second kappa shape index (κ2) is 8.42. The van der Waals surface area contributed by atoms with Crippen LogP contribution in [0, 0.1) is 5.92 Å². The molecule has 1 rings (SSSR count). The van der Waals surface area contributed by atoms with Gasteiger partial charge in [0.2, 0.25) is 0 Å². The SMILES string of the molecule is CCC(C=O)C(C)N[C@@H](Cn1cc(C(C)I)nn1)C(=O)O. The van der Waals surface area contributed by atoms with Crippen LogP contribution >= 0.6 is 22.6 Å². The van der Waals surface area contributed by atoms with Gasteiger partial charge in [0.05, 0.1) is 16.2 Å². The number of carboxylic acids is 1. The summed E-state index contributed by atoms with van der Waals surface area (Å²) in [7, 11) is 0. The molecule has 0 aliphatic rings. The lowest BCUT2D eigenvalue weighted by atomic mass is 9.99. The lowest BCUT2D eigenvalue weighted by Crippen LogP contribution is -2.47. The van der Waals surface area contributed by atoms with Crippen molar-refractivity contribution in [3.05, 3.63) is 11.9 Å². The first-order chi connectivity index (χ1) is 9.88. The topological polar surface area (TPSA) is 97.1 Å². The van der Waals surface area contributed by atoms with Gasteiger partial charge in [0.15, 0.2) is 0 Å². The molecule has 0 amide bonds. The molecule has 118 valence electrons. The zero-order chi connectivity index (χ0) is 16.0. The van der Waals surface area contributed by atoms with E-state index in [1.165, 1.54) is 4.68 Å². The molecule has 1 aromatic rings. The van der Waals surface area contributed by atoms with Gasteiger partial charge in [-0.15, -0.1) is 5.10 Å². The highest BCUT2D eigenvalue weighted by molar-refractivity contribution is 14.1. The van der Waals surface area contributed by atoms with Gasteiger partial charge in [-0.1, -0.05) is 34.7 Å². The molecule has 0 saturated carbocycles. The molecule has 0 bridgehead atoms. The Kier molecular flexibility index (Phi) is 7.23. The molecule has 0 radical (unpaired) electrons. The number of aldehydes is 1. The number of aromatic nitrogens is 3. The highest BCUT2D eigenvalue weighted by Crippen LogP contribution is 2.18. The first kappa shape index (κ1) is 18.0. The van der Waals surface area contributed by atoms with Gasteiger partial charge in [-0.3, -0.25) is 14.8 Å². The third-order valence-corrected chi connectivity index (χ3v) is 4.02. The minimum Gasteiger partial charge on any atom is -0.480 e. The summed E-state index contributed by atoms with van der Waals surface area (Å²) in [6.07, 6.45) is 3.28. The lowest BCUT2D eigenvalue weighted by Gasteiger charge is -2.23. The molecule has 0 saturated heterocycles. The number of carbonyl (C=O) groups excluding carboxylic acids is 1. The second-order valence-corrected chi connectivity index (χ2v) is 6.90. The van der Waals surface area contributed by atoms with Crippen LogP contribution in [0.2, 0.25) is 0 Å². The highest BCUT2D eigenvalue weighted by Gasteiger charge is 2.24. The van der Waals surface area contributed by atoms with E-state index in [-0.39, 0.29) is 22.4 Å². The van der Waals surface area contributed by atoms with Crippen LogP contribution in [0.1, 0.15) is 36.8 Å². The quantitative estimate of drug-likeness (QED) is 0.365. The lowest BCUT2D eigenvalue weighted by molar-refractivity contribution is -0.140. The standard InChI is InChI=1S/C13H21IN4O3/c1-4-10(7-19)9(3)15-12(13(20)21)6-18-5-11(8(2)14)16-17-18/h5,7-10,12,15H,4,6H2,1-3H3,(H,20,21)/t8?,9?,10?,12-/m0/s1. The van der Waals surface area contributed by atoms with E-state index in [0.29, 0.717) is 6.42 Å². The predicted molar refractivity (Wildman–Crippen MR) is 86.3 cm³/mol. The van der Waals surface area contributed by atoms with Crippen molar-refractivity contribution >= 4 is 34.8 Å². The van der Waals surface area contributed by atoms with Gasteiger partial charge < -0.3 is 9.90 Å². The van der Waals surface area contributed by atoms with Crippen molar-refractivity contribution in [3.8, 4) is 0 Å². The van der Waals surface area contributed by atoms with Gasteiger partial charge in [-0.2, -0.15) is 0 Å². The van der Waals surface area contributed by atoms with E-state index in [2.05, 4.69) is 38.2 Å². The molecule has 1 heterocycles. The summed E-state index contributed by atoms with van der Waals surface area (Å²) in [5.41, 5.74) is 0.812. The van der Waals surface area contributed by atoms with Crippen molar-refractivity contribution in [3.63, 3.8) is 0 Å². The smallest absolute Gasteiger partial charge is 0.322 e. The van der Waals surface area contributed by atoms with Crippen molar-refractivity contribution in [2.75, 3.05) is 0 Å². The molecule has 0 aromatic carbocycles. The average molecular weight is 408 g/mol. The van der Waals surface area contributed by atoms with Gasteiger partial charge in [0.1, 0.15) is 12.3 Å². The summed E-state index contributed by atoms with van der Waals surface area (Å²) >= 11 is 2.22. The molecule has 0 aliphatic carbocycles. The fourth-order valence-corrected chi connectivity index (χ4v) is 2.27. The largest absolute Gasteiger partial charge is 0.480 e. The maximum absolute atomic E-state index is 11.4. The van der Waals surface area contributed by atoms with E-state index in [1.807, 2.05) is 20.8 Å². The maximum atomic E-state index is 11.4. The number of nitrogens with zero attached hydrogens (tertiary/aromatic N) is 3. The van der Waals surface area contributed by atoms with E-state index >= 15 is 0 Å². The van der Waals surface area contributed by atoms with E-state index in [4.69, 9.17) is 0 Å². The Labute approximate surface area is 137 Å². The minimum absolute atomic E-state index is 0.172. The van der Waals surface area contributed by atoms with E-state index in [1.54, 1.807) is 6.20 Å². The number of nitrogens with one attached hydrogen (secondary N) is 1. The fourth-order valence-electron chi connectivity index (χ4n) is 1.98. The van der Waals surface area contributed by atoms with Crippen LogP contribution in [-0.2, 0) is 16.1 Å². The molecule has 3 unspecified atom stereocenters. The Hall–Kier alpha value is -1.03. The number of carbonyl (C=O) groups is 2. The number of hydrogen-bond donors (Lipinski definition) is 2. The normalized spacial score (nSPS) is 17.0. The Morgan fingerprint density at radius 1 is 1.57 bits per heavy atom. The summed E-state index contributed by atoms with van der Waals surface area (Å²) in [5.74, 6) is -1.17. The van der Waals surface area contributed by atoms with E-state index in [9.17, 15) is 14.7 Å². The number of hydrogen-bond acceptors (Lipinski definition) is 5. The molecule has 0 aliphatic heterocycles. The van der Waals surface area contributed by atoms with Crippen molar-refractivity contribution in [2.24, 2.45) is 5.92 Å². The molecule has 7 nitrogen and oxygen atoms in total. The molecular formula is C13H21IN4O3. The van der Waals surface area contributed by atoms with Crippen LogP contribution in [0.25, 0.3) is 0 Å². The van der Waals surface area contributed by atoms with Crippen LogP contribution in [0.15, 0.2) is 6.20 Å². The van der Waals surface area contributed by atoms with Crippen molar-refractivity contribution in [1.29, 1.82) is 0 Å². The Morgan fingerprint density at radius 2 is 2.24 bits per heavy atom. The van der Waals surface area contributed by atoms with Gasteiger partial charge in [0, 0.05) is 18.2 Å². The average Bonchev–Trinajstić information content (AvgIpc) is 2.88. The van der Waals surface area contributed by atoms with Crippen molar-refractivity contribution in [1.82, 2.24) is 20.3 Å². The molecule has 8 heteroatoms. The molecule has 2 N–H and O–H groups in total. The minimum atomic E-state index is -0.970. The highest BCUT2D eigenvalue weighted by atomic mass is 127. The number of carboxylic acid groups (broad SMARTS) is 1. The molecule has 0 spiro atoms. The number of aliphatic carboxylic acids is 1. The Balaban J connectivity index is 2.73. The monoisotopic (exact) mass is 408 g/mol. The van der Waals surface area contributed by atoms with E-state index < -0.39 is 12.0 Å². The second-order valence-electron chi connectivity index (χ2n) is 5.04. The predicted octanol–water partition coefficient (Wildman–Crippen LogP) is 1.43. The molecule has 4 atom stereocenters. The summed E-state index contributed by atoms with van der Waals surface area (Å²) < 4.78 is 1.73. The summed E-state index contributed by atoms with van der Waals surface area (Å²) in [4.78, 5) is 22.3. The molecule has 0 fully saturated rings. The van der Waals surface area contributed by atoms with Crippen molar-refractivity contribution in [2.45, 2.75) is 49.7 Å². The number of rotatable bonds is 9. The number of halogens is 1. The zero-order valence-electron chi connectivity index (χ0n) is 12.4. The first-order valence-electron chi connectivity index (χ1n) is 6.87. The molecular weight excluding hydrogens is 387 g/mol. The third-order valence-electron chi connectivity index (χ3n) is 3.38. The Bertz CT molecular complexity index is 478. The van der Waals surface area contributed by atoms with Crippen LogP contribution in [0.4, 0.5) is 0 Å². The van der Waals surface area contributed by atoms with Crippen LogP contribution < -0.4 is 5.32 Å². The summed E-state index contributed by atoms with van der Waals surface area (Å²) in [6, 6.07) is -1.02. The van der Waals surface area contributed by atoms with Crippen LogP contribution in [-0.4, -0.2) is 44.4 Å². The molecule has 1 aromatic heterocycles. The van der Waals surface area contributed by atoms with Crippen LogP contribution in [0.3, 0.4) is 0 Å². The fraction of sp³-hybridized carbons (Fsp3) is 0.692. The number of alkyl halides is 1. The first-order valence-corrected chi connectivity index (χ1v) is 8.11. The summed E-state index contributed by atoms with van der Waals surface area (Å²) in [6.45, 7) is 5.88. The zero-order valence-corrected chi connectivity index (χ0v) is 14.5. The van der Waals surface area contributed by atoms with Gasteiger partial charge >= 0.3 is 5.97 Å². The third kappa shape index (κ3) is 5.34. The molecule has 21 heavy (non-hydrogen) atoms. The van der Waals surface area contributed by atoms with Crippen molar-refractivity contribution < 1.29 is 14.7 Å². The maximum Gasteiger partial charge on any atom is 0.322 e. The Morgan fingerprint density at radius 3 is 2.67 bits per heavy atom. The van der Waals surface area contributed by atoms with Gasteiger partial charge in [-0.05, 0) is 20.3 Å². The van der Waals surface area contributed by atoms with Gasteiger partial charge in [-0.25, -0.2) is 0 Å².